The molecule has 1 aromatic heterocycles. The third-order valence-corrected chi connectivity index (χ3v) is 4.38. The molecular formula is C19H22N2O6S. The number of nitrogens with one attached hydrogen (secondary N) is 2. The van der Waals surface area contributed by atoms with Gasteiger partial charge in [-0.05, 0) is 29.1 Å². The number of rotatable bonds is 10. The molecule has 0 bridgehead atoms. The zero-order chi connectivity index (χ0) is 20.4. The maximum Gasteiger partial charge on any atom is 0.308 e. The zero-order valence-electron chi connectivity index (χ0n) is 15.7. The Morgan fingerprint density at radius 1 is 1.04 bits per heavy atom. The lowest BCUT2D eigenvalue weighted by atomic mass is 10.2. The Labute approximate surface area is 166 Å². The summed E-state index contributed by atoms with van der Waals surface area (Å²) >= 11 is 1.42. The molecule has 0 saturated carbocycles. The van der Waals surface area contributed by atoms with E-state index in [4.69, 9.17) is 14.2 Å². The smallest absolute Gasteiger partial charge is 0.308 e. The molecule has 1 heterocycles. The van der Waals surface area contributed by atoms with Crippen LogP contribution in [0.2, 0.25) is 0 Å². The Balaban J connectivity index is 1.65. The van der Waals surface area contributed by atoms with Crippen LogP contribution < -0.4 is 20.1 Å². The van der Waals surface area contributed by atoms with Gasteiger partial charge in [0.2, 0.25) is 0 Å². The average Bonchev–Trinajstić information content (AvgIpc) is 3.25. The first-order valence-electron chi connectivity index (χ1n) is 8.47. The van der Waals surface area contributed by atoms with Crippen molar-refractivity contribution < 1.29 is 28.6 Å². The molecule has 0 unspecified atom stereocenters. The van der Waals surface area contributed by atoms with E-state index < -0.39 is 11.9 Å². The Morgan fingerprint density at radius 2 is 1.82 bits per heavy atom. The van der Waals surface area contributed by atoms with E-state index in [2.05, 4.69) is 10.6 Å². The number of ether oxygens (including phenoxy) is 3. The van der Waals surface area contributed by atoms with Crippen molar-refractivity contribution in [1.82, 2.24) is 10.6 Å². The molecule has 2 aromatic rings. The first-order valence-corrected chi connectivity index (χ1v) is 9.41. The minimum absolute atomic E-state index is 0.0150. The van der Waals surface area contributed by atoms with Crippen LogP contribution in [0.5, 0.6) is 11.5 Å². The maximum atomic E-state index is 11.8. The van der Waals surface area contributed by atoms with Crippen molar-refractivity contribution >= 4 is 29.1 Å². The molecule has 2 rings (SSSR count). The molecule has 28 heavy (non-hydrogen) atoms. The van der Waals surface area contributed by atoms with Crippen LogP contribution in [0.15, 0.2) is 35.0 Å². The molecular weight excluding hydrogens is 384 g/mol. The van der Waals surface area contributed by atoms with Gasteiger partial charge in [0.25, 0.3) is 11.8 Å². The van der Waals surface area contributed by atoms with Gasteiger partial charge >= 0.3 is 5.97 Å². The van der Waals surface area contributed by atoms with Crippen LogP contribution in [0.25, 0.3) is 0 Å². The van der Waals surface area contributed by atoms with Crippen molar-refractivity contribution in [3.05, 3.63) is 46.2 Å². The van der Waals surface area contributed by atoms with Crippen LogP contribution in [0, 0.1) is 0 Å². The summed E-state index contributed by atoms with van der Waals surface area (Å²) in [6, 6.07) is 6.98. The molecule has 0 aliphatic carbocycles. The normalized spacial score (nSPS) is 10.1. The predicted molar refractivity (Wildman–Crippen MR) is 104 cm³/mol. The minimum atomic E-state index is -0.563. The second-order valence-electron chi connectivity index (χ2n) is 5.64. The number of hydrogen-bond donors (Lipinski definition) is 2. The van der Waals surface area contributed by atoms with Gasteiger partial charge < -0.3 is 24.8 Å². The third-order valence-electron chi connectivity index (χ3n) is 3.70. The zero-order valence-corrected chi connectivity index (χ0v) is 16.5. The van der Waals surface area contributed by atoms with Crippen molar-refractivity contribution in [3.63, 3.8) is 0 Å². The number of hydrogen-bond acceptors (Lipinski definition) is 7. The van der Waals surface area contributed by atoms with E-state index in [9.17, 15) is 14.4 Å². The number of amides is 2. The number of benzene rings is 1. The molecule has 2 N–H and O–H groups in total. The summed E-state index contributed by atoms with van der Waals surface area (Å²) in [7, 11) is 3.07. The minimum Gasteiger partial charge on any atom is -0.493 e. The fraction of sp³-hybridized carbons (Fsp3) is 0.316. The summed E-state index contributed by atoms with van der Waals surface area (Å²) in [6.45, 7) is 0.0127. The highest BCUT2D eigenvalue weighted by atomic mass is 32.1. The first kappa shape index (κ1) is 21.2. The van der Waals surface area contributed by atoms with E-state index in [1.54, 1.807) is 42.1 Å². The molecule has 0 atom stereocenters. The van der Waals surface area contributed by atoms with Gasteiger partial charge in [-0.2, -0.15) is 11.3 Å². The molecule has 9 heteroatoms. The maximum absolute atomic E-state index is 11.8. The lowest BCUT2D eigenvalue weighted by molar-refractivity contribution is -0.148. The summed E-state index contributed by atoms with van der Waals surface area (Å²) < 4.78 is 15.3. The molecule has 0 spiro atoms. The lowest BCUT2D eigenvalue weighted by Crippen LogP contribution is -2.30. The summed E-state index contributed by atoms with van der Waals surface area (Å²) in [4.78, 5) is 35.2. The van der Waals surface area contributed by atoms with Crippen molar-refractivity contribution in [2.24, 2.45) is 0 Å². The van der Waals surface area contributed by atoms with Crippen molar-refractivity contribution in [2.45, 2.75) is 13.0 Å². The number of carbonyl (C=O) groups is 3. The Hall–Kier alpha value is -3.07. The Morgan fingerprint density at radius 3 is 2.50 bits per heavy atom. The van der Waals surface area contributed by atoms with Gasteiger partial charge in [0, 0.05) is 24.0 Å². The van der Waals surface area contributed by atoms with E-state index >= 15 is 0 Å². The fourth-order valence-corrected chi connectivity index (χ4v) is 2.87. The Bertz CT molecular complexity index is 807. The van der Waals surface area contributed by atoms with E-state index in [0.717, 1.165) is 5.56 Å². The van der Waals surface area contributed by atoms with Gasteiger partial charge in [0.15, 0.2) is 18.1 Å². The molecule has 2 amide bonds. The van der Waals surface area contributed by atoms with Gasteiger partial charge in [-0.3, -0.25) is 14.4 Å². The molecule has 0 aliphatic heterocycles. The predicted octanol–water partition coefficient (Wildman–Crippen LogP) is 1.74. The van der Waals surface area contributed by atoms with E-state index in [1.165, 1.54) is 18.4 Å². The largest absolute Gasteiger partial charge is 0.493 e. The summed E-state index contributed by atoms with van der Waals surface area (Å²) in [5.41, 5.74) is 1.36. The van der Waals surface area contributed by atoms with Crippen LogP contribution in [0.3, 0.4) is 0 Å². The summed E-state index contributed by atoms with van der Waals surface area (Å²) in [6.07, 6.45) is -0.0150. The lowest BCUT2D eigenvalue weighted by Gasteiger charge is -2.10. The quantitative estimate of drug-likeness (QED) is 0.583. The standard InChI is InChI=1S/C19H22N2O6S/c1-25-15-4-3-13(9-16(15)26-2)10-21-17(22)11-27-18(23)5-7-20-19(24)14-6-8-28-12-14/h3-4,6,8-9,12H,5,7,10-11H2,1-2H3,(H,20,24)(H,21,22). The monoisotopic (exact) mass is 406 g/mol. The second kappa shape index (κ2) is 10.9. The summed E-state index contributed by atoms with van der Waals surface area (Å²) in [5.74, 6) is -0.0817. The highest BCUT2D eigenvalue weighted by Crippen LogP contribution is 2.27. The molecule has 0 fully saturated rings. The van der Waals surface area contributed by atoms with Crippen molar-refractivity contribution in [3.8, 4) is 11.5 Å². The highest BCUT2D eigenvalue weighted by molar-refractivity contribution is 7.08. The van der Waals surface area contributed by atoms with E-state index in [1.807, 2.05) is 0 Å². The van der Waals surface area contributed by atoms with Crippen LogP contribution >= 0.6 is 11.3 Å². The Kier molecular flexibility index (Phi) is 8.29. The fourth-order valence-electron chi connectivity index (χ4n) is 2.23. The molecule has 1 aromatic carbocycles. The first-order chi connectivity index (χ1) is 13.5. The van der Waals surface area contributed by atoms with Gasteiger partial charge in [-0.15, -0.1) is 0 Å². The highest BCUT2D eigenvalue weighted by Gasteiger charge is 2.10. The molecule has 0 aliphatic rings. The number of carbonyl (C=O) groups excluding carboxylic acids is 3. The van der Waals surface area contributed by atoms with Gasteiger partial charge in [0.1, 0.15) is 0 Å². The molecule has 8 nitrogen and oxygen atoms in total. The van der Waals surface area contributed by atoms with Crippen LogP contribution in [0.1, 0.15) is 22.3 Å². The molecule has 150 valence electrons. The number of esters is 1. The third kappa shape index (κ3) is 6.58. The molecule has 0 radical (unpaired) electrons. The summed E-state index contributed by atoms with van der Waals surface area (Å²) in [5, 5.41) is 8.78. The van der Waals surface area contributed by atoms with Crippen LogP contribution in [0.4, 0.5) is 0 Å². The van der Waals surface area contributed by atoms with Gasteiger partial charge in [-0.1, -0.05) is 6.07 Å². The SMILES string of the molecule is COc1ccc(CNC(=O)COC(=O)CCNC(=O)c2ccsc2)cc1OC. The average molecular weight is 406 g/mol. The molecule has 0 saturated heterocycles. The van der Waals surface area contributed by atoms with Crippen molar-refractivity contribution in [1.29, 1.82) is 0 Å². The number of methoxy groups -OCH3 is 2. The van der Waals surface area contributed by atoms with Gasteiger partial charge in [0.05, 0.1) is 20.6 Å². The van der Waals surface area contributed by atoms with Crippen LogP contribution in [-0.4, -0.2) is 45.2 Å². The van der Waals surface area contributed by atoms with Crippen LogP contribution in [-0.2, 0) is 20.9 Å². The number of thiophene rings is 1. The second-order valence-corrected chi connectivity index (χ2v) is 6.42. The van der Waals surface area contributed by atoms with Gasteiger partial charge in [-0.25, -0.2) is 0 Å². The van der Waals surface area contributed by atoms with E-state index in [0.29, 0.717) is 17.1 Å². The van der Waals surface area contributed by atoms with Crippen molar-refractivity contribution in [2.75, 3.05) is 27.4 Å². The topological polar surface area (TPSA) is 103 Å². The van der Waals surface area contributed by atoms with E-state index in [-0.39, 0.29) is 32.0 Å².